The molecule has 0 aliphatic carbocycles. The topological polar surface area (TPSA) is 46.2 Å². The summed E-state index contributed by atoms with van der Waals surface area (Å²) in [6.07, 6.45) is -1.44. The molecule has 0 aromatic carbocycles. The van der Waals surface area contributed by atoms with Crippen molar-refractivity contribution in [1.82, 2.24) is 0 Å². The van der Waals surface area contributed by atoms with Gasteiger partial charge in [0.2, 0.25) is 0 Å². The minimum absolute atomic E-state index is 0.0506. The van der Waals surface area contributed by atoms with Gasteiger partial charge < -0.3 is 22.4 Å². The second-order valence-corrected chi connectivity index (χ2v) is 37.1. The molecule has 9 heteroatoms. The van der Waals surface area contributed by atoms with Gasteiger partial charge in [0.15, 0.2) is 39.6 Å². The summed E-state index contributed by atoms with van der Waals surface area (Å²) in [7, 11) is -8.56. The van der Waals surface area contributed by atoms with E-state index < -0.39 is 39.6 Å². The van der Waals surface area contributed by atoms with Gasteiger partial charge >= 0.3 is 0 Å². The third-order valence-corrected chi connectivity index (χ3v) is 28.6. The van der Waals surface area contributed by atoms with E-state index in [4.69, 9.17) is 22.4 Å². The molecule has 1 heterocycles. The minimum Gasteiger partial charge on any atom is -0.411 e. The molecule has 1 aliphatic heterocycles. The Balaban J connectivity index is 3.72. The Morgan fingerprint density at radius 3 is 1.13 bits per heavy atom. The van der Waals surface area contributed by atoms with E-state index >= 15 is 0 Å². The lowest BCUT2D eigenvalue weighted by Crippen LogP contribution is -2.57. The highest BCUT2D eigenvalue weighted by Gasteiger charge is 2.58. The van der Waals surface area contributed by atoms with Crippen molar-refractivity contribution in [2.45, 2.75) is 193 Å². The maximum absolute atomic E-state index is 7.28. The molecule has 0 radical (unpaired) electrons. The third kappa shape index (κ3) is 8.84. The summed E-state index contributed by atoms with van der Waals surface area (Å²) in [5.41, 5.74) is 0. The van der Waals surface area contributed by atoms with Crippen LogP contribution in [0.5, 0.6) is 0 Å². The lowest BCUT2D eigenvalue weighted by atomic mass is 10.1. The zero-order valence-corrected chi connectivity index (χ0v) is 33.9. The molecule has 0 bridgehead atoms. The number of hydrogen-bond acceptors (Lipinski definition) is 5. The fourth-order valence-electron chi connectivity index (χ4n) is 3.59. The van der Waals surface area contributed by atoms with Gasteiger partial charge in [0.05, 0.1) is 6.10 Å². The van der Waals surface area contributed by atoms with Crippen molar-refractivity contribution in [3.63, 3.8) is 0 Å². The Morgan fingerprint density at radius 1 is 0.487 bits per heavy atom. The molecule has 5 atom stereocenters. The SMILES string of the molecule is C[C@@H](O[Si](C)(C)C(C)(C)C)[C@@H]1O[C@@H](O[Si](C)(C)C(C)(C)C)[C@H](O[Si](C)(C)C(C)(C)C)[C@H]1O[Si](C)(C)C(C)(C)C. The largest absolute Gasteiger partial charge is 0.411 e. The summed E-state index contributed by atoms with van der Waals surface area (Å²) in [4.78, 5) is 0. The van der Waals surface area contributed by atoms with E-state index in [1.807, 2.05) is 0 Å². The molecule has 0 aromatic heterocycles. The van der Waals surface area contributed by atoms with Gasteiger partial charge in [-0.05, 0) is 79.5 Å². The van der Waals surface area contributed by atoms with Crippen LogP contribution in [0.3, 0.4) is 0 Å². The van der Waals surface area contributed by atoms with Gasteiger partial charge in [-0.25, -0.2) is 0 Å². The van der Waals surface area contributed by atoms with Crippen molar-refractivity contribution in [2.24, 2.45) is 0 Å². The lowest BCUT2D eigenvalue weighted by Gasteiger charge is -2.46. The van der Waals surface area contributed by atoms with E-state index in [0.717, 1.165) is 0 Å². The molecule has 1 rings (SSSR count). The van der Waals surface area contributed by atoms with E-state index in [1.165, 1.54) is 0 Å². The highest BCUT2D eigenvalue weighted by atomic mass is 28.4. The first kappa shape index (κ1) is 37.7. The molecule has 5 nitrogen and oxygen atoms in total. The highest BCUT2D eigenvalue weighted by molar-refractivity contribution is 6.75. The van der Waals surface area contributed by atoms with Crippen molar-refractivity contribution in [2.75, 3.05) is 0 Å². The molecule has 0 spiro atoms. The Labute approximate surface area is 248 Å². The summed E-state index contributed by atoms with van der Waals surface area (Å²) in [5, 5.41) is 0.261. The van der Waals surface area contributed by atoms with Gasteiger partial charge in [-0.3, -0.25) is 0 Å². The van der Waals surface area contributed by atoms with Gasteiger partial charge in [0.1, 0.15) is 18.3 Å². The highest BCUT2D eigenvalue weighted by Crippen LogP contribution is 2.47. The van der Waals surface area contributed by atoms with Crippen LogP contribution in [0.25, 0.3) is 0 Å². The molecular weight excluding hydrogens is 553 g/mol. The van der Waals surface area contributed by atoms with Gasteiger partial charge in [-0.2, -0.15) is 0 Å². The average Bonchev–Trinajstić information content (AvgIpc) is 2.93. The smallest absolute Gasteiger partial charge is 0.195 e. The second-order valence-electron chi connectivity index (χ2n) is 18.1. The first-order valence-corrected chi connectivity index (χ1v) is 26.8. The van der Waals surface area contributed by atoms with Crippen LogP contribution < -0.4 is 0 Å². The molecule has 39 heavy (non-hydrogen) atoms. The normalized spacial score (nSPS) is 25.8. The van der Waals surface area contributed by atoms with E-state index in [-0.39, 0.29) is 44.6 Å². The predicted octanol–water partition coefficient (Wildman–Crippen LogP) is 9.92. The van der Waals surface area contributed by atoms with Crippen molar-refractivity contribution in [3.8, 4) is 0 Å². The van der Waals surface area contributed by atoms with Crippen molar-refractivity contribution < 1.29 is 22.4 Å². The molecular formula is C30H68O5Si4. The molecule has 0 amide bonds. The third-order valence-electron chi connectivity index (χ3n) is 10.6. The number of hydrogen-bond donors (Lipinski definition) is 0. The second kappa shape index (κ2) is 11.6. The van der Waals surface area contributed by atoms with Crippen molar-refractivity contribution in [1.29, 1.82) is 0 Å². The molecule has 0 saturated carbocycles. The zero-order valence-electron chi connectivity index (χ0n) is 29.9. The summed E-state index contributed by atoms with van der Waals surface area (Å²) in [6, 6.07) is 0. The Bertz CT molecular complexity index is 813. The van der Waals surface area contributed by atoms with Gasteiger partial charge in [0, 0.05) is 0 Å². The predicted molar refractivity (Wildman–Crippen MR) is 179 cm³/mol. The first-order chi connectivity index (χ1) is 16.8. The molecule has 1 saturated heterocycles. The molecule has 0 aromatic rings. The summed E-state index contributed by atoms with van der Waals surface area (Å²) in [5.74, 6) is 0. The van der Waals surface area contributed by atoms with E-state index in [2.05, 4.69) is 142 Å². The molecule has 1 fully saturated rings. The van der Waals surface area contributed by atoms with Crippen LogP contribution in [-0.2, 0) is 22.4 Å². The maximum Gasteiger partial charge on any atom is 0.195 e. The molecule has 0 unspecified atom stereocenters. The maximum atomic E-state index is 7.28. The van der Waals surface area contributed by atoms with Gasteiger partial charge in [0.25, 0.3) is 0 Å². The summed E-state index contributed by atoms with van der Waals surface area (Å²) in [6.45, 7) is 48.2. The number of ether oxygens (including phenoxy) is 1. The standard InChI is InChI=1S/C30H68O5Si4/c1-22(32-36(14,15)27(2,3)4)23-24(33-37(16,17)28(5,6)7)25(34-38(18,19)29(8,9)10)26(31-23)35-39(20,21)30(11,12)13/h22-26H,1-21H3/t22-,23+,24+,25-,26+/m1/s1. The van der Waals surface area contributed by atoms with Crippen LogP contribution >= 0.6 is 0 Å². The van der Waals surface area contributed by atoms with Crippen LogP contribution in [0.1, 0.15) is 90.0 Å². The van der Waals surface area contributed by atoms with Crippen LogP contribution in [0.4, 0.5) is 0 Å². The number of rotatable bonds is 9. The van der Waals surface area contributed by atoms with Crippen molar-refractivity contribution in [3.05, 3.63) is 0 Å². The van der Waals surface area contributed by atoms with Crippen molar-refractivity contribution >= 4 is 33.3 Å². The fraction of sp³-hybridized carbons (Fsp3) is 1.00. The Hall–Kier alpha value is 0.668. The molecule has 234 valence electrons. The first-order valence-electron chi connectivity index (χ1n) is 15.1. The summed E-state index contributed by atoms with van der Waals surface area (Å²) < 4.78 is 35.5. The van der Waals surface area contributed by atoms with E-state index in [0.29, 0.717) is 0 Å². The van der Waals surface area contributed by atoms with Crippen LogP contribution in [0.2, 0.25) is 72.5 Å². The molecule has 0 N–H and O–H groups in total. The quantitative estimate of drug-likeness (QED) is 0.240. The van der Waals surface area contributed by atoms with Crippen LogP contribution in [0.15, 0.2) is 0 Å². The fourth-order valence-corrected chi connectivity index (χ4v) is 8.71. The molecule has 1 aliphatic rings. The lowest BCUT2D eigenvalue weighted by molar-refractivity contribution is -0.131. The Kier molecular flexibility index (Phi) is 11.2. The average molecular weight is 621 g/mol. The monoisotopic (exact) mass is 620 g/mol. The van der Waals surface area contributed by atoms with Gasteiger partial charge in [-0.1, -0.05) is 83.1 Å². The minimum atomic E-state index is -2.18. The zero-order chi connectivity index (χ0) is 31.4. The summed E-state index contributed by atoms with van der Waals surface area (Å²) >= 11 is 0. The van der Waals surface area contributed by atoms with E-state index in [9.17, 15) is 0 Å². The van der Waals surface area contributed by atoms with E-state index in [1.54, 1.807) is 0 Å². The van der Waals surface area contributed by atoms with Crippen LogP contribution in [0, 0.1) is 0 Å². The van der Waals surface area contributed by atoms with Gasteiger partial charge in [-0.15, -0.1) is 0 Å². The van der Waals surface area contributed by atoms with Crippen LogP contribution in [-0.4, -0.2) is 64.0 Å². The Morgan fingerprint density at radius 2 is 0.795 bits per heavy atom.